The molecule has 1 atom stereocenters. The number of hydrogen-bond acceptors (Lipinski definition) is 2. The Labute approximate surface area is 78.3 Å². The molecule has 13 heavy (non-hydrogen) atoms. The van der Waals surface area contributed by atoms with Crippen LogP contribution in [-0.4, -0.2) is 11.6 Å². The fourth-order valence-corrected chi connectivity index (χ4v) is 1.38. The molecule has 0 unspecified atom stereocenters. The molecule has 0 aliphatic heterocycles. The van der Waals surface area contributed by atoms with Crippen molar-refractivity contribution in [3.05, 3.63) is 23.8 Å². The van der Waals surface area contributed by atoms with Crippen LogP contribution in [0.4, 0.5) is 0 Å². The van der Waals surface area contributed by atoms with Crippen LogP contribution in [-0.2, 0) is 9.59 Å². The number of carbonyl (C=O) groups excluding carboxylic acids is 2. The molecule has 0 bridgehead atoms. The van der Waals surface area contributed by atoms with Crippen molar-refractivity contribution in [1.82, 2.24) is 0 Å². The van der Waals surface area contributed by atoms with Gasteiger partial charge in [-0.3, -0.25) is 4.79 Å². The van der Waals surface area contributed by atoms with Crippen LogP contribution in [0.25, 0.3) is 0 Å². The first-order chi connectivity index (χ1) is 6.09. The molecule has 0 amide bonds. The van der Waals surface area contributed by atoms with Gasteiger partial charge in [0.15, 0.2) is 5.78 Å². The number of Topliss-reactive ketones (excluding diaryl/α,β-unsaturated/α-hetero) is 1. The van der Waals surface area contributed by atoms with E-state index in [2.05, 4.69) is 0 Å². The van der Waals surface area contributed by atoms with E-state index in [9.17, 15) is 9.59 Å². The van der Waals surface area contributed by atoms with Gasteiger partial charge in [0, 0.05) is 12.3 Å². The summed E-state index contributed by atoms with van der Waals surface area (Å²) in [6.07, 6.45) is 6.49. The van der Waals surface area contributed by atoms with Crippen molar-refractivity contribution in [2.45, 2.75) is 26.7 Å². The van der Waals surface area contributed by atoms with Gasteiger partial charge in [0.25, 0.3) is 0 Å². The summed E-state index contributed by atoms with van der Waals surface area (Å²) in [5.74, 6) is 0.189. The fraction of sp³-hybridized carbons (Fsp3) is 0.455. The highest BCUT2D eigenvalue weighted by atomic mass is 16.1. The van der Waals surface area contributed by atoms with Gasteiger partial charge in [-0.1, -0.05) is 17.7 Å². The number of rotatable bonds is 3. The molecule has 1 rings (SSSR count). The molecule has 0 N–H and O–H groups in total. The highest BCUT2D eigenvalue weighted by Crippen LogP contribution is 2.18. The predicted molar refractivity (Wildman–Crippen MR) is 51.3 cm³/mol. The van der Waals surface area contributed by atoms with Gasteiger partial charge >= 0.3 is 0 Å². The van der Waals surface area contributed by atoms with Crippen LogP contribution in [0.1, 0.15) is 26.7 Å². The highest BCUT2D eigenvalue weighted by molar-refractivity contribution is 5.95. The lowest BCUT2D eigenvalue weighted by Gasteiger charge is -2.12. The van der Waals surface area contributed by atoms with Crippen LogP contribution in [0, 0.1) is 5.92 Å². The molecule has 0 fully saturated rings. The van der Waals surface area contributed by atoms with E-state index in [1.807, 2.05) is 19.1 Å². The van der Waals surface area contributed by atoms with Gasteiger partial charge in [0.05, 0.1) is 0 Å². The first-order valence-electron chi connectivity index (χ1n) is 4.49. The van der Waals surface area contributed by atoms with E-state index in [1.54, 1.807) is 13.0 Å². The third-order valence-corrected chi connectivity index (χ3v) is 2.15. The average molecular weight is 178 g/mol. The fourth-order valence-electron chi connectivity index (χ4n) is 1.38. The molecule has 0 aromatic heterocycles. The monoisotopic (exact) mass is 178 g/mol. The zero-order valence-corrected chi connectivity index (χ0v) is 8.04. The van der Waals surface area contributed by atoms with Crippen LogP contribution in [0.15, 0.2) is 23.8 Å². The molecule has 0 saturated carbocycles. The van der Waals surface area contributed by atoms with Crippen LogP contribution < -0.4 is 0 Å². The minimum atomic E-state index is -0.0751. The van der Waals surface area contributed by atoms with E-state index >= 15 is 0 Å². The van der Waals surface area contributed by atoms with Crippen LogP contribution >= 0.6 is 0 Å². The largest absolute Gasteiger partial charge is 0.300 e. The van der Waals surface area contributed by atoms with Crippen molar-refractivity contribution in [3.8, 4) is 0 Å². The van der Waals surface area contributed by atoms with Crippen molar-refractivity contribution in [1.29, 1.82) is 0 Å². The van der Waals surface area contributed by atoms with E-state index in [1.165, 1.54) is 0 Å². The third kappa shape index (κ3) is 2.98. The van der Waals surface area contributed by atoms with Gasteiger partial charge in [0.1, 0.15) is 5.78 Å². The van der Waals surface area contributed by atoms with Crippen LogP contribution in [0.2, 0.25) is 0 Å². The maximum Gasteiger partial charge on any atom is 0.162 e. The van der Waals surface area contributed by atoms with Crippen molar-refractivity contribution in [3.63, 3.8) is 0 Å². The second kappa shape index (κ2) is 4.17. The Balaban J connectivity index is 2.55. The third-order valence-electron chi connectivity index (χ3n) is 2.15. The van der Waals surface area contributed by atoms with Crippen LogP contribution in [0.3, 0.4) is 0 Å². The summed E-state index contributed by atoms with van der Waals surface area (Å²) in [6.45, 7) is 3.52. The molecular weight excluding hydrogens is 164 g/mol. The quantitative estimate of drug-likeness (QED) is 0.662. The standard InChI is InChI=1S/C11H14O2/c1-8-3-6-11(13)10(7-8)5-4-9(2)12/h3,6-7,10H,4-5H2,1-2H3/t10-/m1/s1. The van der Waals surface area contributed by atoms with Gasteiger partial charge < -0.3 is 4.79 Å². The van der Waals surface area contributed by atoms with Crippen molar-refractivity contribution < 1.29 is 9.59 Å². The van der Waals surface area contributed by atoms with Crippen molar-refractivity contribution in [2.24, 2.45) is 5.92 Å². The zero-order chi connectivity index (χ0) is 9.84. The lowest BCUT2D eigenvalue weighted by Crippen LogP contribution is -2.13. The second-order valence-corrected chi connectivity index (χ2v) is 3.49. The number of hydrogen-bond donors (Lipinski definition) is 0. The SMILES string of the molecule is CC(=O)CC[C@@H]1C=C(C)C=CC1=O. The summed E-state index contributed by atoms with van der Waals surface area (Å²) < 4.78 is 0. The van der Waals surface area contributed by atoms with Gasteiger partial charge in [-0.15, -0.1) is 0 Å². The molecule has 0 spiro atoms. The molecule has 0 heterocycles. The Morgan fingerprint density at radius 3 is 2.77 bits per heavy atom. The minimum Gasteiger partial charge on any atom is -0.300 e. The van der Waals surface area contributed by atoms with E-state index in [-0.39, 0.29) is 17.5 Å². The number of ketones is 2. The van der Waals surface area contributed by atoms with E-state index in [0.29, 0.717) is 12.8 Å². The Kier molecular flexibility index (Phi) is 3.18. The molecule has 1 aliphatic carbocycles. The molecule has 2 nitrogen and oxygen atoms in total. The lowest BCUT2D eigenvalue weighted by molar-refractivity contribution is -0.118. The van der Waals surface area contributed by atoms with Crippen molar-refractivity contribution in [2.75, 3.05) is 0 Å². The molecule has 2 heteroatoms. The molecule has 70 valence electrons. The summed E-state index contributed by atoms with van der Waals surface area (Å²) in [6, 6.07) is 0. The molecular formula is C11H14O2. The maximum atomic E-state index is 11.3. The topological polar surface area (TPSA) is 34.1 Å². The van der Waals surface area contributed by atoms with Gasteiger partial charge in [-0.05, 0) is 26.3 Å². The average Bonchev–Trinajstić information content (AvgIpc) is 2.06. The first-order valence-corrected chi connectivity index (χ1v) is 4.49. The van der Waals surface area contributed by atoms with Gasteiger partial charge in [0.2, 0.25) is 0 Å². The van der Waals surface area contributed by atoms with Gasteiger partial charge in [-0.25, -0.2) is 0 Å². The Bertz CT molecular complexity index is 284. The van der Waals surface area contributed by atoms with Crippen LogP contribution in [0.5, 0.6) is 0 Å². The first kappa shape index (κ1) is 9.90. The Morgan fingerprint density at radius 1 is 1.46 bits per heavy atom. The second-order valence-electron chi connectivity index (χ2n) is 3.49. The molecule has 0 aromatic rings. The summed E-state index contributed by atoms with van der Waals surface area (Å²) >= 11 is 0. The van der Waals surface area contributed by atoms with Crippen molar-refractivity contribution >= 4 is 11.6 Å². The van der Waals surface area contributed by atoms with E-state index in [0.717, 1.165) is 5.57 Å². The zero-order valence-electron chi connectivity index (χ0n) is 8.04. The molecule has 0 saturated heterocycles. The Hall–Kier alpha value is -1.18. The summed E-state index contributed by atoms with van der Waals surface area (Å²) in [5, 5.41) is 0. The van der Waals surface area contributed by atoms with Gasteiger partial charge in [-0.2, -0.15) is 0 Å². The Morgan fingerprint density at radius 2 is 2.15 bits per heavy atom. The summed E-state index contributed by atoms with van der Waals surface area (Å²) in [4.78, 5) is 22.0. The summed E-state index contributed by atoms with van der Waals surface area (Å²) in [7, 11) is 0. The highest BCUT2D eigenvalue weighted by Gasteiger charge is 2.16. The van der Waals surface area contributed by atoms with E-state index < -0.39 is 0 Å². The maximum absolute atomic E-state index is 11.3. The minimum absolute atomic E-state index is 0.0751. The molecule has 0 aromatic carbocycles. The molecule has 1 aliphatic rings. The number of carbonyl (C=O) groups is 2. The molecule has 0 radical (unpaired) electrons. The predicted octanol–water partition coefficient (Wildman–Crippen LogP) is 2.06. The smallest absolute Gasteiger partial charge is 0.162 e. The normalized spacial score (nSPS) is 21.5. The number of allylic oxidation sites excluding steroid dienone is 4. The van der Waals surface area contributed by atoms with E-state index in [4.69, 9.17) is 0 Å². The lowest BCUT2D eigenvalue weighted by atomic mass is 9.91. The summed E-state index contributed by atoms with van der Waals surface area (Å²) in [5.41, 5.74) is 1.10.